The first-order chi connectivity index (χ1) is 7.95. The smallest absolute Gasteiger partial charge is 0.335 e. The van der Waals surface area contributed by atoms with Gasteiger partial charge in [0.05, 0.1) is 11.6 Å². The summed E-state index contributed by atoms with van der Waals surface area (Å²) in [5, 5.41) is 11.5. The van der Waals surface area contributed by atoms with Crippen molar-refractivity contribution in [1.82, 2.24) is 0 Å². The minimum absolute atomic E-state index is 0.195. The molecule has 0 spiro atoms. The number of carbonyl (C=O) groups excluding carboxylic acids is 1. The highest BCUT2D eigenvalue weighted by molar-refractivity contribution is 5.96. The number of nitrogens with two attached hydrogens (primary N) is 1. The van der Waals surface area contributed by atoms with E-state index in [-0.39, 0.29) is 11.5 Å². The summed E-state index contributed by atoms with van der Waals surface area (Å²) in [5.74, 6) is -1.25. The summed E-state index contributed by atoms with van der Waals surface area (Å²) in [4.78, 5) is 22.3. The number of benzene rings is 1. The third-order valence-electron chi connectivity index (χ3n) is 2.51. The summed E-state index contributed by atoms with van der Waals surface area (Å²) in [6, 6.07) is 3.98. The lowest BCUT2D eigenvalue weighted by Crippen LogP contribution is -2.35. The second-order valence-electron chi connectivity index (χ2n) is 3.84. The van der Waals surface area contributed by atoms with Gasteiger partial charge in [0.15, 0.2) is 0 Å². The lowest BCUT2D eigenvalue weighted by molar-refractivity contribution is -0.117. The van der Waals surface area contributed by atoms with Crippen molar-refractivity contribution in [3.05, 3.63) is 29.3 Å². The van der Waals surface area contributed by atoms with Crippen LogP contribution in [0.3, 0.4) is 0 Å². The molecule has 17 heavy (non-hydrogen) atoms. The molecule has 0 aliphatic carbocycles. The Morgan fingerprint density at radius 1 is 1.47 bits per heavy atom. The minimum atomic E-state index is -0.990. The Hall–Kier alpha value is -1.88. The number of hydrogen-bond acceptors (Lipinski definition) is 3. The van der Waals surface area contributed by atoms with Gasteiger partial charge in [0, 0.05) is 5.69 Å². The topological polar surface area (TPSA) is 92.4 Å². The van der Waals surface area contributed by atoms with E-state index in [1.807, 2.05) is 6.92 Å². The van der Waals surface area contributed by atoms with Crippen molar-refractivity contribution in [3.8, 4) is 0 Å². The van der Waals surface area contributed by atoms with E-state index in [1.54, 1.807) is 13.0 Å². The number of aryl methyl sites for hydroxylation is 1. The first kappa shape index (κ1) is 13.2. The van der Waals surface area contributed by atoms with E-state index in [4.69, 9.17) is 10.8 Å². The molecule has 5 heteroatoms. The van der Waals surface area contributed by atoms with Gasteiger partial charge < -0.3 is 16.2 Å². The van der Waals surface area contributed by atoms with Crippen LogP contribution < -0.4 is 11.1 Å². The van der Waals surface area contributed by atoms with Crippen LogP contribution in [0.4, 0.5) is 5.69 Å². The van der Waals surface area contributed by atoms with Crippen molar-refractivity contribution < 1.29 is 14.7 Å². The van der Waals surface area contributed by atoms with Crippen LogP contribution >= 0.6 is 0 Å². The summed E-state index contributed by atoms with van der Waals surface area (Å²) in [6.07, 6.45) is 0.554. The zero-order valence-electron chi connectivity index (χ0n) is 9.86. The van der Waals surface area contributed by atoms with E-state index in [0.717, 1.165) is 0 Å². The first-order valence-corrected chi connectivity index (χ1v) is 5.36. The first-order valence-electron chi connectivity index (χ1n) is 5.36. The van der Waals surface area contributed by atoms with Gasteiger partial charge in [-0.1, -0.05) is 6.92 Å². The molecule has 0 fully saturated rings. The number of carboxylic acids is 1. The molecule has 0 saturated carbocycles. The number of carbonyl (C=O) groups is 2. The Kier molecular flexibility index (Phi) is 4.23. The molecule has 0 aliphatic rings. The summed E-state index contributed by atoms with van der Waals surface area (Å²) < 4.78 is 0. The highest BCUT2D eigenvalue weighted by atomic mass is 16.4. The molecular formula is C12H16N2O3. The number of nitrogens with one attached hydrogen (secondary N) is 1. The molecule has 4 N–H and O–H groups in total. The SMILES string of the molecule is CC[C@@H](N)C(=O)Nc1ccc(C(=O)O)cc1C. The van der Waals surface area contributed by atoms with Crippen LogP contribution in [0.25, 0.3) is 0 Å². The standard InChI is InChI=1S/C12H16N2O3/c1-3-9(13)11(15)14-10-5-4-8(12(16)17)6-7(10)2/h4-6,9H,3,13H2,1-2H3,(H,14,15)(H,16,17)/t9-/m1/s1. The molecule has 1 aromatic carbocycles. The maximum absolute atomic E-state index is 11.6. The van der Waals surface area contributed by atoms with Crippen molar-refractivity contribution in [2.45, 2.75) is 26.3 Å². The maximum Gasteiger partial charge on any atom is 0.335 e. The Morgan fingerprint density at radius 2 is 2.12 bits per heavy atom. The second-order valence-corrected chi connectivity index (χ2v) is 3.84. The highest BCUT2D eigenvalue weighted by Crippen LogP contribution is 2.16. The summed E-state index contributed by atoms with van der Waals surface area (Å²) in [5.41, 5.74) is 7.06. The zero-order chi connectivity index (χ0) is 13.0. The van der Waals surface area contributed by atoms with E-state index in [0.29, 0.717) is 17.7 Å². The second kappa shape index (κ2) is 5.45. The van der Waals surface area contributed by atoms with Gasteiger partial charge in [-0.3, -0.25) is 4.79 Å². The van der Waals surface area contributed by atoms with Crippen molar-refractivity contribution >= 4 is 17.6 Å². The molecule has 0 unspecified atom stereocenters. The Labute approximate surface area is 99.6 Å². The molecule has 0 radical (unpaired) electrons. The number of amides is 1. The maximum atomic E-state index is 11.6. The third kappa shape index (κ3) is 3.29. The van der Waals surface area contributed by atoms with Gasteiger partial charge in [0.1, 0.15) is 0 Å². The number of rotatable bonds is 4. The Morgan fingerprint density at radius 3 is 2.59 bits per heavy atom. The van der Waals surface area contributed by atoms with Crippen LogP contribution in [0.2, 0.25) is 0 Å². The number of anilines is 1. The predicted molar refractivity (Wildman–Crippen MR) is 65.0 cm³/mol. The van der Waals surface area contributed by atoms with Crippen LogP contribution in [0.1, 0.15) is 29.3 Å². The van der Waals surface area contributed by atoms with Gasteiger partial charge in [-0.05, 0) is 37.1 Å². The van der Waals surface area contributed by atoms with Gasteiger partial charge in [-0.25, -0.2) is 4.79 Å². The van der Waals surface area contributed by atoms with Crippen molar-refractivity contribution in [3.63, 3.8) is 0 Å². The molecule has 1 amide bonds. The molecule has 1 atom stereocenters. The summed E-state index contributed by atoms with van der Waals surface area (Å²) >= 11 is 0. The molecule has 1 aromatic rings. The highest BCUT2D eigenvalue weighted by Gasteiger charge is 2.13. The summed E-state index contributed by atoms with van der Waals surface area (Å²) in [6.45, 7) is 3.56. The van der Waals surface area contributed by atoms with Crippen molar-refractivity contribution in [1.29, 1.82) is 0 Å². The zero-order valence-corrected chi connectivity index (χ0v) is 9.86. The van der Waals surface area contributed by atoms with Crippen LogP contribution in [-0.2, 0) is 4.79 Å². The van der Waals surface area contributed by atoms with Gasteiger partial charge in [0.25, 0.3) is 0 Å². The average Bonchev–Trinajstić information content (AvgIpc) is 2.30. The fourth-order valence-corrected chi connectivity index (χ4v) is 1.35. The normalized spacial score (nSPS) is 11.9. The van der Waals surface area contributed by atoms with E-state index in [2.05, 4.69) is 5.32 Å². The lowest BCUT2D eigenvalue weighted by atomic mass is 10.1. The van der Waals surface area contributed by atoms with Crippen molar-refractivity contribution in [2.24, 2.45) is 5.73 Å². The molecule has 0 bridgehead atoms. The molecule has 92 valence electrons. The number of carboxylic acid groups (broad SMARTS) is 1. The molecule has 0 aromatic heterocycles. The van der Waals surface area contributed by atoms with Crippen LogP contribution in [-0.4, -0.2) is 23.0 Å². The van der Waals surface area contributed by atoms with Gasteiger partial charge in [-0.15, -0.1) is 0 Å². The molecular weight excluding hydrogens is 220 g/mol. The minimum Gasteiger partial charge on any atom is -0.478 e. The Bertz CT molecular complexity index is 443. The van der Waals surface area contributed by atoms with Gasteiger partial charge >= 0.3 is 5.97 Å². The largest absolute Gasteiger partial charge is 0.478 e. The van der Waals surface area contributed by atoms with Gasteiger partial charge in [-0.2, -0.15) is 0 Å². The summed E-state index contributed by atoms with van der Waals surface area (Å²) in [7, 11) is 0. The third-order valence-corrected chi connectivity index (χ3v) is 2.51. The molecule has 0 saturated heterocycles. The Balaban J connectivity index is 2.86. The van der Waals surface area contributed by atoms with E-state index in [9.17, 15) is 9.59 Å². The monoisotopic (exact) mass is 236 g/mol. The number of aromatic carboxylic acids is 1. The average molecular weight is 236 g/mol. The van der Waals surface area contributed by atoms with E-state index >= 15 is 0 Å². The van der Waals surface area contributed by atoms with Crippen molar-refractivity contribution in [2.75, 3.05) is 5.32 Å². The fourth-order valence-electron chi connectivity index (χ4n) is 1.35. The van der Waals surface area contributed by atoms with Crippen LogP contribution in [0, 0.1) is 6.92 Å². The molecule has 0 heterocycles. The van der Waals surface area contributed by atoms with Crippen LogP contribution in [0.5, 0.6) is 0 Å². The van der Waals surface area contributed by atoms with Crippen LogP contribution in [0.15, 0.2) is 18.2 Å². The van der Waals surface area contributed by atoms with E-state index < -0.39 is 12.0 Å². The molecule has 0 aliphatic heterocycles. The molecule has 5 nitrogen and oxygen atoms in total. The molecule has 1 rings (SSSR count). The number of hydrogen-bond donors (Lipinski definition) is 3. The fraction of sp³-hybridized carbons (Fsp3) is 0.333. The lowest BCUT2D eigenvalue weighted by Gasteiger charge is -2.12. The van der Waals surface area contributed by atoms with E-state index in [1.165, 1.54) is 12.1 Å². The van der Waals surface area contributed by atoms with Gasteiger partial charge in [0.2, 0.25) is 5.91 Å². The predicted octanol–water partition coefficient (Wildman–Crippen LogP) is 1.37. The quantitative estimate of drug-likeness (QED) is 0.736.